The van der Waals surface area contributed by atoms with Crippen molar-refractivity contribution >= 4 is 17.8 Å². The first-order chi connectivity index (χ1) is 9.09. The van der Waals surface area contributed by atoms with E-state index in [4.69, 9.17) is 5.11 Å². The van der Waals surface area contributed by atoms with Gasteiger partial charge in [-0.25, -0.2) is 0 Å². The summed E-state index contributed by atoms with van der Waals surface area (Å²) in [7, 11) is 0. The Morgan fingerprint density at radius 3 is 2.16 bits per heavy atom. The number of carbonyl (C=O) groups is 3. The van der Waals surface area contributed by atoms with Crippen LogP contribution in [0.1, 0.15) is 12.8 Å². The highest BCUT2D eigenvalue weighted by molar-refractivity contribution is 6.06. The van der Waals surface area contributed by atoms with Gasteiger partial charge < -0.3 is 5.11 Å². The van der Waals surface area contributed by atoms with Crippen molar-refractivity contribution in [3.63, 3.8) is 0 Å². The molecule has 4 aliphatic carbocycles. The lowest BCUT2D eigenvalue weighted by molar-refractivity contribution is -0.142. The van der Waals surface area contributed by atoms with E-state index in [2.05, 4.69) is 12.2 Å². The fourth-order valence-electron chi connectivity index (χ4n) is 4.45. The number of hydrogen-bond donors (Lipinski definition) is 1. The molecule has 5 aliphatic rings. The first kappa shape index (κ1) is 11.2. The third-order valence-corrected chi connectivity index (χ3v) is 5.30. The Balaban J connectivity index is 1.63. The zero-order valence-corrected chi connectivity index (χ0v) is 10.4. The average Bonchev–Trinajstić information content (AvgIpc) is 3.14. The predicted molar refractivity (Wildman–Crippen MR) is 63.7 cm³/mol. The molecule has 3 fully saturated rings. The predicted octanol–water partition coefficient (Wildman–Crippen LogP) is 0.514. The van der Waals surface area contributed by atoms with Gasteiger partial charge >= 0.3 is 5.97 Å². The monoisotopic (exact) mass is 261 g/mol. The van der Waals surface area contributed by atoms with Gasteiger partial charge in [-0.2, -0.15) is 0 Å². The number of imide groups is 1. The molecule has 19 heavy (non-hydrogen) atoms. The molecule has 1 heterocycles. The fourth-order valence-corrected chi connectivity index (χ4v) is 4.45. The molecule has 0 unspecified atom stereocenters. The van der Waals surface area contributed by atoms with Crippen molar-refractivity contribution in [3.8, 4) is 0 Å². The fraction of sp³-hybridized carbons (Fsp3) is 0.643. The summed E-state index contributed by atoms with van der Waals surface area (Å²) in [5.74, 6) is -0.0567. The van der Waals surface area contributed by atoms with E-state index >= 15 is 0 Å². The van der Waals surface area contributed by atoms with Crippen molar-refractivity contribution in [2.24, 2.45) is 35.5 Å². The topological polar surface area (TPSA) is 74.7 Å². The third-order valence-electron chi connectivity index (χ3n) is 5.30. The largest absolute Gasteiger partial charge is 0.481 e. The minimum absolute atomic E-state index is 0.0226. The van der Waals surface area contributed by atoms with Gasteiger partial charge in [0, 0.05) is 6.54 Å². The molecule has 5 nitrogen and oxygen atoms in total. The molecular weight excluding hydrogens is 246 g/mol. The number of likely N-dealkylation sites (tertiary alicyclic amines) is 1. The summed E-state index contributed by atoms with van der Waals surface area (Å²) in [5.41, 5.74) is 0. The van der Waals surface area contributed by atoms with Crippen LogP contribution in [0.3, 0.4) is 0 Å². The molecule has 5 heteroatoms. The number of nitrogens with zero attached hydrogens (tertiary/aromatic N) is 1. The van der Waals surface area contributed by atoms with E-state index in [9.17, 15) is 14.4 Å². The molecule has 2 bridgehead atoms. The van der Waals surface area contributed by atoms with Crippen LogP contribution in [0.4, 0.5) is 0 Å². The van der Waals surface area contributed by atoms with Crippen LogP contribution in [0.5, 0.6) is 0 Å². The van der Waals surface area contributed by atoms with E-state index in [1.807, 2.05) is 0 Å². The Morgan fingerprint density at radius 2 is 1.68 bits per heavy atom. The Bertz CT molecular complexity index is 490. The highest BCUT2D eigenvalue weighted by Crippen LogP contribution is 2.65. The highest BCUT2D eigenvalue weighted by atomic mass is 16.4. The van der Waals surface area contributed by atoms with Crippen LogP contribution in [-0.4, -0.2) is 34.3 Å². The Kier molecular flexibility index (Phi) is 2.04. The van der Waals surface area contributed by atoms with E-state index in [-0.39, 0.29) is 48.5 Å². The summed E-state index contributed by atoms with van der Waals surface area (Å²) >= 11 is 0. The van der Waals surface area contributed by atoms with Gasteiger partial charge in [0.1, 0.15) is 0 Å². The maximum absolute atomic E-state index is 12.4. The minimum Gasteiger partial charge on any atom is -0.481 e. The first-order valence-corrected chi connectivity index (χ1v) is 6.85. The molecular formula is C14H15NO4. The molecule has 0 radical (unpaired) electrons. The van der Waals surface area contributed by atoms with Gasteiger partial charge in [0.15, 0.2) is 0 Å². The lowest BCUT2D eigenvalue weighted by Gasteiger charge is -2.37. The van der Waals surface area contributed by atoms with Crippen LogP contribution in [0.2, 0.25) is 0 Å². The van der Waals surface area contributed by atoms with E-state index < -0.39 is 5.97 Å². The maximum atomic E-state index is 12.4. The number of carbonyl (C=O) groups excluding carboxylic acids is 2. The summed E-state index contributed by atoms with van der Waals surface area (Å²) in [6, 6.07) is 0. The number of amides is 2. The first-order valence-electron chi connectivity index (χ1n) is 6.85. The van der Waals surface area contributed by atoms with Gasteiger partial charge in [-0.3, -0.25) is 19.3 Å². The van der Waals surface area contributed by atoms with Gasteiger partial charge in [0.25, 0.3) is 0 Å². The smallest absolute Gasteiger partial charge is 0.305 e. The second-order valence-corrected chi connectivity index (χ2v) is 6.13. The molecule has 2 saturated carbocycles. The van der Waals surface area contributed by atoms with Crippen LogP contribution >= 0.6 is 0 Å². The number of carboxylic acids is 1. The quantitative estimate of drug-likeness (QED) is 0.593. The molecule has 1 N–H and O–H groups in total. The molecule has 0 aromatic carbocycles. The van der Waals surface area contributed by atoms with Crippen molar-refractivity contribution < 1.29 is 19.5 Å². The Morgan fingerprint density at radius 1 is 1.16 bits per heavy atom. The molecule has 5 rings (SSSR count). The lowest BCUT2D eigenvalue weighted by Crippen LogP contribution is -2.40. The van der Waals surface area contributed by atoms with Gasteiger partial charge in [0.2, 0.25) is 11.8 Å². The van der Waals surface area contributed by atoms with Crippen molar-refractivity contribution in [1.82, 2.24) is 4.90 Å². The maximum Gasteiger partial charge on any atom is 0.305 e. The molecule has 100 valence electrons. The molecule has 1 aliphatic heterocycles. The van der Waals surface area contributed by atoms with E-state index in [1.165, 1.54) is 4.90 Å². The highest BCUT2D eigenvalue weighted by Gasteiger charge is 2.66. The Hall–Kier alpha value is -1.65. The molecule has 0 aromatic rings. The molecule has 6 atom stereocenters. The van der Waals surface area contributed by atoms with E-state index in [0.29, 0.717) is 11.8 Å². The molecule has 2 amide bonds. The normalized spacial score (nSPS) is 45.4. The molecule has 0 spiro atoms. The number of carboxylic acid groups (broad SMARTS) is 1. The van der Waals surface area contributed by atoms with Crippen molar-refractivity contribution in [1.29, 1.82) is 0 Å². The van der Waals surface area contributed by atoms with Crippen LogP contribution in [0, 0.1) is 35.5 Å². The standard InChI is InChI=1S/C14H15NO4/c16-10(17)3-4-15-13(18)11-6-1-2-7(9-5-8(6)9)12(11)14(15)19/h1-2,6-9,11-12H,3-5H2,(H,16,17)/t6-,7+,8+,9-,11+,12-. The number of hydrogen-bond acceptors (Lipinski definition) is 3. The Labute approximate surface area is 110 Å². The zero-order chi connectivity index (χ0) is 13.3. The summed E-state index contributed by atoms with van der Waals surface area (Å²) in [5, 5.41) is 8.71. The van der Waals surface area contributed by atoms with Crippen molar-refractivity contribution in [2.75, 3.05) is 6.54 Å². The molecule has 0 aromatic heterocycles. The van der Waals surface area contributed by atoms with Crippen LogP contribution in [0.15, 0.2) is 12.2 Å². The zero-order valence-electron chi connectivity index (χ0n) is 10.4. The van der Waals surface area contributed by atoms with Crippen LogP contribution in [0.25, 0.3) is 0 Å². The summed E-state index contributed by atoms with van der Waals surface area (Å²) in [4.78, 5) is 36.6. The van der Waals surface area contributed by atoms with Crippen molar-refractivity contribution in [2.45, 2.75) is 12.8 Å². The van der Waals surface area contributed by atoms with Crippen molar-refractivity contribution in [3.05, 3.63) is 12.2 Å². The third kappa shape index (κ3) is 1.33. The summed E-state index contributed by atoms with van der Waals surface area (Å²) in [6.45, 7) is 0.0226. The SMILES string of the molecule is O=C(O)CCN1C(=O)[C@@H]2[C@H]3C=C[C@H]([C@@H]4C[C@H]34)[C@@H]2C1=O. The lowest BCUT2D eigenvalue weighted by atomic mass is 9.63. The summed E-state index contributed by atoms with van der Waals surface area (Å²) < 4.78 is 0. The second-order valence-electron chi connectivity index (χ2n) is 6.13. The number of rotatable bonds is 3. The van der Waals surface area contributed by atoms with Gasteiger partial charge in [-0.05, 0) is 30.1 Å². The second kappa shape index (κ2) is 3.46. The van der Waals surface area contributed by atoms with Gasteiger partial charge in [-0.15, -0.1) is 0 Å². The van der Waals surface area contributed by atoms with E-state index in [0.717, 1.165) is 6.42 Å². The number of aliphatic carboxylic acids is 1. The number of allylic oxidation sites excluding steroid dienone is 2. The van der Waals surface area contributed by atoms with E-state index in [1.54, 1.807) is 0 Å². The van der Waals surface area contributed by atoms with Crippen LogP contribution in [-0.2, 0) is 14.4 Å². The summed E-state index contributed by atoms with van der Waals surface area (Å²) in [6.07, 6.45) is 5.22. The molecule has 1 saturated heterocycles. The van der Waals surface area contributed by atoms with Crippen LogP contribution < -0.4 is 0 Å². The minimum atomic E-state index is -0.973. The average molecular weight is 261 g/mol. The van der Waals surface area contributed by atoms with Gasteiger partial charge in [-0.1, -0.05) is 12.2 Å². The van der Waals surface area contributed by atoms with Gasteiger partial charge in [0.05, 0.1) is 18.3 Å².